The minimum Gasteiger partial charge on any atom is -0.0853 e. The molecule has 1 aliphatic carbocycles. The van der Waals surface area contributed by atoms with Crippen molar-refractivity contribution in [1.82, 2.24) is 0 Å². The zero-order chi connectivity index (χ0) is 9.36. The Bertz CT molecular complexity index is 144. The lowest BCUT2D eigenvalue weighted by Gasteiger charge is -2.10. The molecule has 0 heteroatoms. The zero-order valence-corrected chi connectivity index (χ0v) is 9.15. The highest BCUT2D eigenvalue weighted by Gasteiger charge is 2.01. The van der Waals surface area contributed by atoms with Crippen LogP contribution >= 0.6 is 0 Å². The predicted molar refractivity (Wildman–Crippen MR) is 59.9 cm³/mol. The summed E-state index contributed by atoms with van der Waals surface area (Å²) >= 11 is 0. The smallest absolute Gasteiger partial charge is 0.0320 e. The lowest BCUT2D eigenvalue weighted by atomic mass is 9.96. The Morgan fingerprint density at radius 3 is 2.77 bits per heavy atom. The van der Waals surface area contributed by atoms with Crippen molar-refractivity contribution in [2.45, 2.75) is 71.1 Å². The maximum absolute atomic E-state index is 2.52. The van der Waals surface area contributed by atoms with Crippen LogP contribution in [0.1, 0.15) is 71.1 Å². The van der Waals surface area contributed by atoms with Crippen LogP contribution in [-0.2, 0) is 0 Å². The normalized spacial score (nSPS) is 19.0. The van der Waals surface area contributed by atoms with Crippen molar-refractivity contribution >= 4 is 0 Å². The van der Waals surface area contributed by atoms with Gasteiger partial charge in [0.1, 0.15) is 0 Å². The molecule has 0 unspecified atom stereocenters. The van der Waals surface area contributed by atoms with Crippen LogP contribution in [0.25, 0.3) is 0 Å². The van der Waals surface area contributed by atoms with Crippen molar-refractivity contribution in [3.05, 3.63) is 11.6 Å². The predicted octanol–water partition coefficient (Wildman–Crippen LogP) is 4.85. The largest absolute Gasteiger partial charge is 0.0853 e. The molecular formula is C13H24. The maximum Gasteiger partial charge on any atom is -0.0320 e. The van der Waals surface area contributed by atoms with Crippen LogP contribution in [0.2, 0.25) is 0 Å². The molecule has 0 atom stereocenters. The molecule has 0 saturated carbocycles. The lowest BCUT2D eigenvalue weighted by molar-refractivity contribution is 0.602. The van der Waals surface area contributed by atoms with E-state index in [1.165, 1.54) is 64.2 Å². The molecular weight excluding hydrogens is 156 g/mol. The second-order valence-corrected chi connectivity index (χ2v) is 4.27. The van der Waals surface area contributed by atoms with E-state index >= 15 is 0 Å². The van der Waals surface area contributed by atoms with E-state index in [-0.39, 0.29) is 0 Å². The second kappa shape index (κ2) is 7.17. The SMILES string of the molecule is CCCCCC1=CCCCCCC1. The summed E-state index contributed by atoms with van der Waals surface area (Å²) in [5, 5.41) is 0. The first-order valence-electron chi connectivity index (χ1n) is 6.11. The van der Waals surface area contributed by atoms with E-state index in [9.17, 15) is 0 Å². The number of rotatable bonds is 4. The van der Waals surface area contributed by atoms with E-state index in [0.717, 1.165) is 0 Å². The Morgan fingerprint density at radius 1 is 1.08 bits per heavy atom. The summed E-state index contributed by atoms with van der Waals surface area (Å²) < 4.78 is 0. The summed E-state index contributed by atoms with van der Waals surface area (Å²) in [5.41, 5.74) is 1.76. The fourth-order valence-electron chi connectivity index (χ4n) is 2.09. The van der Waals surface area contributed by atoms with Crippen molar-refractivity contribution in [3.8, 4) is 0 Å². The molecule has 13 heavy (non-hydrogen) atoms. The highest BCUT2D eigenvalue weighted by atomic mass is 14.1. The van der Waals surface area contributed by atoms with Crippen molar-refractivity contribution in [1.29, 1.82) is 0 Å². The molecule has 0 amide bonds. The first kappa shape index (κ1) is 10.8. The number of allylic oxidation sites excluding steroid dienone is 2. The van der Waals surface area contributed by atoms with Gasteiger partial charge in [-0.3, -0.25) is 0 Å². The summed E-state index contributed by atoms with van der Waals surface area (Å²) in [4.78, 5) is 0. The molecule has 0 aromatic rings. The van der Waals surface area contributed by atoms with Gasteiger partial charge in [0.2, 0.25) is 0 Å². The van der Waals surface area contributed by atoms with Gasteiger partial charge in [-0.15, -0.1) is 0 Å². The average molecular weight is 180 g/mol. The van der Waals surface area contributed by atoms with Crippen LogP contribution in [0, 0.1) is 0 Å². The van der Waals surface area contributed by atoms with Crippen LogP contribution in [-0.4, -0.2) is 0 Å². The number of unbranched alkanes of at least 4 members (excludes halogenated alkanes) is 2. The van der Waals surface area contributed by atoms with Crippen LogP contribution in [0.4, 0.5) is 0 Å². The Hall–Kier alpha value is -0.260. The molecule has 1 rings (SSSR count). The van der Waals surface area contributed by atoms with E-state index in [0.29, 0.717) is 0 Å². The van der Waals surface area contributed by atoms with E-state index in [2.05, 4.69) is 13.0 Å². The quantitative estimate of drug-likeness (QED) is 0.428. The molecule has 0 spiro atoms. The molecule has 76 valence electrons. The van der Waals surface area contributed by atoms with Gasteiger partial charge in [-0.25, -0.2) is 0 Å². The average Bonchev–Trinajstić information content (AvgIpc) is 2.08. The summed E-state index contributed by atoms with van der Waals surface area (Å²) in [6.07, 6.45) is 16.6. The van der Waals surface area contributed by atoms with Crippen LogP contribution in [0.5, 0.6) is 0 Å². The van der Waals surface area contributed by atoms with Gasteiger partial charge >= 0.3 is 0 Å². The number of hydrogen-bond donors (Lipinski definition) is 0. The van der Waals surface area contributed by atoms with E-state index in [4.69, 9.17) is 0 Å². The first-order chi connectivity index (χ1) is 6.43. The van der Waals surface area contributed by atoms with Gasteiger partial charge in [-0.2, -0.15) is 0 Å². The third-order valence-corrected chi connectivity index (χ3v) is 2.99. The summed E-state index contributed by atoms with van der Waals surface area (Å²) in [6, 6.07) is 0. The fraction of sp³-hybridized carbons (Fsp3) is 0.846. The van der Waals surface area contributed by atoms with Gasteiger partial charge < -0.3 is 0 Å². The second-order valence-electron chi connectivity index (χ2n) is 4.27. The van der Waals surface area contributed by atoms with E-state index < -0.39 is 0 Å². The fourth-order valence-corrected chi connectivity index (χ4v) is 2.09. The first-order valence-corrected chi connectivity index (χ1v) is 6.11. The van der Waals surface area contributed by atoms with Gasteiger partial charge in [0, 0.05) is 0 Å². The summed E-state index contributed by atoms with van der Waals surface area (Å²) in [7, 11) is 0. The molecule has 1 aliphatic rings. The standard InChI is InChI=1S/C13H24/c1-2-3-7-10-13-11-8-5-4-6-9-12-13/h11H,2-10,12H2,1H3. The molecule has 0 radical (unpaired) electrons. The van der Waals surface area contributed by atoms with Crippen molar-refractivity contribution in [2.24, 2.45) is 0 Å². The molecule has 0 aromatic carbocycles. The molecule has 0 N–H and O–H groups in total. The molecule has 0 nitrogen and oxygen atoms in total. The van der Waals surface area contributed by atoms with Crippen LogP contribution in [0.3, 0.4) is 0 Å². The van der Waals surface area contributed by atoms with Crippen molar-refractivity contribution < 1.29 is 0 Å². The highest BCUT2D eigenvalue weighted by Crippen LogP contribution is 2.21. The molecule has 0 aliphatic heterocycles. The van der Waals surface area contributed by atoms with Crippen molar-refractivity contribution in [2.75, 3.05) is 0 Å². The highest BCUT2D eigenvalue weighted by molar-refractivity contribution is 5.02. The minimum atomic E-state index is 1.35. The third kappa shape index (κ3) is 5.13. The monoisotopic (exact) mass is 180 g/mol. The summed E-state index contributed by atoms with van der Waals surface area (Å²) in [6.45, 7) is 2.28. The van der Waals surface area contributed by atoms with E-state index in [1.807, 2.05) is 0 Å². The Labute approximate surface area is 83.4 Å². The topological polar surface area (TPSA) is 0 Å². The number of hydrogen-bond acceptors (Lipinski definition) is 0. The van der Waals surface area contributed by atoms with Gasteiger partial charge in [0.15, 0.2) is 0 Å². The van der Waals surface area contributed by atoms with Gasteiger partial charge in [-0.05, 0) is 38.5 Å². The van der Waals surface area contributed by atoms with E-state index in [1.54, 1.807) is 5.57 Å². The summed E-state index contributed by atoms with van der Waals surface area (Å²) in [5.74, 6) is 0. The van der Waals surface area contributed by atoms with Crippen molar-refractivity contribution in [3.63, 3.8) is 0 Å². The molecule has 0 saturated heterocycles. The Morgan fingerprint density at radius 2 is 1.92 bits per heavy atom. The minimum absolute atomic E-state index is 1.35. The molecule has 0 bridgehead atoms. The van der Waals surface area contributed by atoms with Crippen LogP contribution in [0.15, 0.2) is 11.6 Å². The van der Waals surface area contributed by atoms with Crippen LogP contribution < -0.4 is 0 Å². The molecule has 0 heterocycles. The van der Waals surface area contributed by atoms with Gasteiger partial charge in [0.25, 0.3) is 0 Å². The molecule has 0 aromatic heterocycles. The third-order valence-electron chi connectivity index (χ3n) is 2.99. The maximum atomic E-state index is 2.52. The van der Waals surface area contributed by atoms with Gasteiger partial charge in [-0.1, -0.05) is 44.3 Å². The lowest BCUT2D eigenvalue weighted by Crippen LogP contribution is -1.90. The zero-order valence-electron chi connectivity index (χ0n) is 9.15. The Balaban J connectivity index is 2.19. The Kier molecular flexibility index (Phi) is 5.97. The molecule has 0 fully saturated rings. The van der Waals surface area contributed by atoms with Gasteiger partial charge in [0.05, 0.1) is 0 Å².